The molecule has 0 aliphatic heterocycles. The SMILES string of the molecule is CC[NH+](CC)CCn1c(O)c(N=NC(=O)C(=O)NCc2ccco2)c2ccccc21. The number of nitrogens with zero attached hydrogens (tertiary/aromatic N) is 3. The number of aromatic hydroxyl groups is 1. The molecule has 0 fully saturated rings. The number of aromatic nitrogens is 1. The van der Waals surface area contributed by atoms with Crippen LogP contribution in [0.4, 0.5) is 5.69 Å². The van der Waals surface area contributed by atoms with E-state index in [1.165, 1.54) is 11.2 Å². The normalized spacial score (nSPS) is 11.6. The van der Waals surface area contributed by atoms with Crippen molar-refractivity contribution < 1.29 is 24.0 Å². The summed E-state index contributed by atoms with van der Waals surface area (Å²) in [7, 11) is 0. The topological polar surface area (TPSA) is 114 Å². The van der Waals surface area contributed by atoms with Gasteiger partial charge in [-0.3, -0.25) is 9.59 Å². The van der Waals surface area contributed by atoms with E-state index in [1.54, 1.807) is 22.8 Å². The summed E-state index contributed by atoms with van der Waals surface area (Å²) in [6.45, 7) is 7.73. The first-order valence-corrected chi connectivity index (χ1v) is 9.95. The van der Waals surface area contributed by atoms with E-state index in [0.717, 1.165) is 25.2 Å². The number of furan rings is 1. The molecule has 0 bridgehead atoms. The predicted molar refractivity (Wildman–Crippen MR) is 111 cm³/mol. The number of carbonyl (C=O) groups excluding carboxylic acids is 2. The molecule has 30 heavy (non-hydrogen) atoms. The molecule has 9 heteroatoms. The lowest BCUT2D eigenvalue weighted by atomic mass is 10.2. The molecule has 3 rings (SSSR count). The van der Waals surface area contributed by atoms with Crippen molar-refractivity contribution in [2.75, 3.05) is 19.6 Å². The van der Waals surface area contributed by atoms with Crippen LogP contribution >= 0.6 is 0 Å². The molecule has 3 aromatic rings. The van der Waals surface area contributed by atoms with Crippen molar-refractivity contribution in [3.63, 3.8) is 0 Å². The van der Waals surface area contributed by atoms with E-state index in [4.69, 9.17) is 4.42 Å². The third kappa shape index (κ3) is 4.74. The third-order valence-corrected chi connectivity index (χ3v) is 5.04. The Kier molecular flexibility index (Phi) is 6.97. The van der Waals surface area contributed by atoms with Gasteiger partial charge in [-0.15, -0.1) is 10.2 Å². The highest BCUT2D eigenvalue weighted by Crippen LogP contribution is 2.38. The molecule has 0 aliphatic rings. The summed E-state index contributed by atoms with van der Waals surface area (Å²) < 4.78 is 6.86. The monoisotopic (exact) mass is 412 g/mol. The van der Waals surface area contributed by atoms with Gasteiger partial charge in [0.25, 0.3) is 0 Å². The molecule has 2 amide bonds. The third-order valence-electron chi connectivity index (χ3n) is 5.04. The van der Waals surface area contributed by atoms with Gasteiger partial charge in [-0.2, -0.15) is 0 Å². The fourth-order valence-corrected chi connectivity index (χ4v) is 3.27. The van der Waals surface area contributed by atoms with E-state index in [2.05, 4.69) is 29.4 Å². The number of hydrogen-bond donors (Lipinski definition) is 3. The van der Waals surface area contributed by atoms with Gasteiger partial charge in [-0.1, -0.05) is 18.2 Å². The van der Waals surface area contributed by atoms with Gasteiger partial charge in [0, 0.05) is 5.39 Å². The molecule has 3 N–H and O–H groups in total. The Morgan fingerprint density at radius 3 is 2.63 bits per heavy atom. The van der Waals surface area contributed by atoms with Crippen molar-refractivity contribution in [3.05, 3.63) is 48.4 Å². The van der Waals surface area contributed by atoms with Crippen LogP contribution in [0.5, 0.6) is 5.88 Å². The average molecular weight is 412 g/mol. The van der Waals surface area contributed by atoms with Crippen LogP contribution in [0.1, 0.15) is 19.6 Å². The van der Waals surface area contributed by atoms with Crippen LogP contribution in [-0.2, 0) is 22.7 Å². The number of para-hydroxylation sites is 1. The smallest absolute Gasteiger partial charge is 0.353 e. The summed E-state index contributed by atoms with van der Waals surface area (Å²) in [5.41, 5.74) is 0.970. The van der Waals surface area contributed by atoms with E-state index in [-0.39, 0.29) is 18.1 Å². The average Bonchev–Trinajstić information content (AvgIpc) is 3.37. The Labute approximate surface area is 174 Å². The number of amides is 2. The second-order valence-electron chi connectivity index (χ2n) is 6.82. The lowest BCUT2D eigenvalue weighted by Crippen LogP contribution is -3.11. The summed E-state index contributed by atoms with van der Waals surface area (Å²) in [4.78, 5) is 25.4. The molecule has 2 aromatic heterocycles. The number of nitrogens with one attached hydrogen (secondary N) is 2. The highest BCUT2D eigenvalue weighted by atomic mass is 16.3. The summed E-state index contributed by atoms with van der Waals surface area (Å²) >= 11 is 0. The van der Waals surface area contributed by atoms with E-state index >= 15 is 0 Å². The molecule has 0 atom stereocenters. The van der Waals surface area contributed by atoms with Crippen molar-refractivity contribution in [2.45, 2.75) is 26.9 Å². The van der Waals surface area contributed by atoms with Crippen LogP contribution < -0.4 is 10.2 Å². The Balaban J connectivity index is 1.77. The fraction of sp³-hybridized carbons (Fsp3) is 0.333. The lowest BCUT2D eigenvalue weighted by molar-refractivity contribution is -0.897. The van der Waals surface area contributed by atoms with Gasteiger partial charge in [-0.25, -0.2) is 0 Å². The van der Waals surface area contributed by atoms with Gasteiger partial charge in [0.05, 0.1) is 44.5 Å². The Bertz CT molecular complexity index is 1040. The zero-order valence-corrected chi connectivity index (χ0v) is 17.1. The van der Waals surface area contributed by atoms with Gasteiger partial charge in [0.1, 0.15) is 5.76 Å². The Morgan fingerprint density at radius 2 is 1.93 bits per heavy atom. The maximum atomic E-state index is 12.0. The number of benzene rings is 1. The van der Waals surface area contributed by atoms with Gasteiger partial charge in [-0.05, 0) is 32.0 Å². The number of quaternary nitrogens is 1. The zero-order valence-electron chi connectivity index (χ0n) is 17.1. The molecule has 0 saturated heterocycles. The van der Waals surface area contributed by atoms with E-state index in [9.17, 15) is 14.7 Å². The minimum absolute atomic E-state index is 0.0738. The number of carbonyl (C=O) groups is 2. The van der Waals surface area contributed by atoms with Crippen molar-refractivity contribution in [2.24, 2.45) is 10.2 Å². The maximum Gasteiger partial charge on any atom is 0.353 e. The molecular weight excluding hydrogens is 386 g/mol. The first kappa shape index (κ1) is 21.3. The molecule has 0 spiro atoms. The summed E-state index contributed by atoms with van der Waals surface area (Å²) in [6, 6.07) is 10.7. The van der Waals surface area contributed by atoms with Gasteiger partial charge in [0.2, 0.25) is 5.88 Å². The van der Waals surface area contributed by atoms with Gasteiger partial charge >= 0.3 is 11.8 Å². The molecule has 158 valence electrons. The van der Waals surface area contributed by atoms with Crippen LogP contribution in [-0.4, -0.2) is 41.1 Å². The summed E-state index contributed by atoms with van der Waals surface area (Å²) in [5, 5.41) is 21.2. The fourth-order valence-electron chi connectivity index (χ4n) is 3.27. The maximum absolute atomic E-state index is 12.0. The molecule has 9 nitrogen and oxygen atoms in total. The van der Waals surface area contributed by atoms with E-state index < -0.39 is 11.8 Å². The van der Waals surface area contributed by atoms with Crippen LogP contribution in [0.3, 0.4) is 0 Å². The largest absolute Gasteiger partial charge is 0.493 e. The molecule has 1 aromatic carbocycles. The minimum atomic E-state index is -1.05. The summed E-state index contributed by atoms with van der Waals surface area (Å²) in [5.74, 6) is -1.51. The Morgan fingerprint density at radius 1 is 1.17 bits per heavy atom. The first-order valence-electron chi connectivity index (χ1n) is 9.95. The van der Waals surface area contributed by atoms with Crippen LogP contribution in [0, 0.1) is 0 Å². The van der Waals surface area contributed by atoms with Crippen molar-refractivity contribution in [3.8, 4) is 5.88 Å². The van der Waals surface area contributed by atoms with E-state index in [1.807, 2.05) is 18.2 Å². The standard InChI is InChI=1S/C21H25N5O4/c1-3-25(4-2)11-12-26-17-10-6-5-9-16(17)18(21(26)29)23-24-20(28)19(27)22-14-15-8-7-13-30-15/h5-10,13,29H,3-4,11-12,14H2,1-2H3,(H,22,27)/p+1. The molecular formula is C21H26N5O4+. The second kappa shape index (κ2) is 9.84. The first-order chi connectivity index (χ1) is 14.5. The van der Waals surface area contributed by atoms with Crippen LogP contribution in [0.2, 0.25) is 0 Å². The highest BCUT2D eigenvalue weighted by Gasteiger charge is 2.19. The summed E-state index contributed by atoms with van der Waals surface area (Å²) in [6.07, 6.45) is 1.48. The quantitative estimate of drug-likeness (QED) is 0.387. The number of fused-ring (bicyclic) bond motifs is 1. The molecule has 0 aliphatic carbocycles. The molecule has 0 saturated carbocycles. The number of hydrogen-bond acceptors (Lipinski definition) is 5. The molecule has 2 heterocycles. The van der Waals surface area contributed by atoms with Gasteiger partial charge < -0.3 is 24.3 Å². The molecule has 0 unspecified atom stereocenters. The molecule has 0 radical (unpaired) electrons. The number of rotatable bonds is 8. The van der Waals surface area contributed by atoms with Crippen LogP contribution in [0.25, 0.3) is 10.9 Å². The lowest BCUT2D eigenvalue weighted by Gasteiger charge is -2.16. The second-order valence-corrected chi connectivity index (χ2v) is 6.82. The minimum Gasteiger partial charge on any atom is -0.493 e. The van der Waals surface area contributed by atoms with Crippen molar-refractivity contribution in [1.29, 1.82) is 0 Å². The zero-order chi connectivity index (χ0) is 21.5. The van der Waals surface area contributed by atoms with Crippen molar-refractivity contribution in [1.82, 2.24) is 9.88 Å². The highest BCUT2D eigenvalue weighted by molar-refractivity contribution is 6.35. The number of azo groups is 1. The van der Waals surface area contributed by atoms with Crippen molar-refractivity contribution >= 4 is 28.4 Å². The predicted octanol–water partition coefficient (Wildman–Crippen LogP) is 1.79. The van der Waals surface area contributed by atoms with Gasteiger partial charge in [0.15, 0.2) is 5.69 Å². The Hall–Kier alpha value is -3.46. The van der Waals surface area contributed by atoms with Crippen LogP contribution in [0.15, 0.2) is 57.3 Å². The number of likely N-dealkylation sites (N-methyl/N-ethyl adjacent to an activating group) is 1. The van der Waals surface area contributed by atoms with E-state index in [0.29, 0.717) is 17.7 Å².